The molecule has 0 bridgehead atoms. The highest BCUT2D eigenvalue weighted by Crippen LogP contribution is 2.32. The van der Waals surface area contributed by atoms with E-state index in [9.17, 15) is 9.59 Å². The average molecular weight is 300 g/mol. The molecule has 1 aliphatic rings. The molecule has 1 aliphatic carbocycles. The van der Waals surface area contributed by atoms with Crippen molar-refractivity contribution in [3.8, 4) is 0 Å². The van der Waals surface area contributed by atoms with Crippen LogP contribution in [0.25, 0.3) is 0 Å². The summed E-state index contributed by atoms with van der Waals surface area (Å²) in [4.78, 5) is 25.5. The van der Waals surface area contributed by atoms with Gasteiger partial charge in [-0.05, 0) is 44.0 Å². The lowest BCUT2D eigenvalue weighted by atomic mass is 9.94. The largest absolute Gasteiger partial charge is 0.370 e. The number of benzene rings is 1. The van der Waals surface area contributed by atoms with E-state index in [1.807, 2.05) is 12.1 Å². The van der Waals surface area contributed by atoms with E-state index in [0.717, 1.165) is 5.69 Å². The summed E-state index contributed by atoms with van der Waals surface area (Å²) in [7, 11) is 2.06. The molecule has 118 valence electrons. The molecule has 4 nitrogen and oxygen atoms in total. The van der Waals surface area contributed by atoms with E-state index in [-0.39, 0.29) is 11.7 Å². The Morgan fingerprint density at radius 2 is 1.95 bits per heavy atom. The number of anilines is 2. The fourth-order valence-corrected chi connectivity index (χ4v) is 3.01. The second-order valence-corrected chi connectivity index (χ2v) is 5.88. The van der Waals surface area contributed by atoms with Crippen LogP contribution in [0.5, 0.6) is 0 Å². The third-order valence-electron chi connectivity index (χ3n) is 4.35. The summed E-state index contributed by atoms with van der Waals surface area (Å²) < 4.78 is 0. The lowest BCUT2D eigenvalue weighted by Gasteiger charge is -2.34. The van der Waals surface area contributed by atoms with Gasteiger partial charge in [0.05, 0.1) is 11.4 Å². The van der Waals surface area contributed by atoms with Crippen LogP contribution >= 0.6 is 0 Å². The van der Waals surface area contributed by atoms with E-state index in [1.165, 1.54) is 45.1 Å². The molecule has 1 N–H and O–H groups in total. The fourth-order valence-electron chi connectivity index (χ4n) is 3.01. The smallest absolute Gasteiger partial charge is 0.247 e. The second kappa shape index (κ2) is 7.25. The maximum Gasteiger partial charge on any atom is 0.247 e. The molecule has 0 saturated heterocycles. The molecule has 0 atom stereocenters. The van der Waals surface area contributed by atoms with Crippen LogP contribution in [0.1, 0.15) is 49.4 Å². The van der Waals surface area contributed by atoms with Crippen molar-refractivity contribution in [2.45, 2.75) is 45.1 Å². The number of hydrogen-bond donors (Lipinski definition) is 1. The standard InChI is InChI=1S/C18H24N2O2/c1-4-18(22)19-16-12-14(13(2)21)10-11-17(16)20(3)15-8-6-5-7-9-15/h4,10-12,15H,1,5-9H2,2-3H3,(H,19,22). The van der Waals surface area contributed by atoms with Crippen LogP contribution in [-0.2, 0) is 4.79 Å². The van der Waals surface area contributed by atoms with E-state index >= 15 is 0 Å². The van der Waals surface area contributed by atoms with Crippen LogP contribution in [-0.4, -0.2) is 24.8 Å². The average Bonchev–Trinajstić information content (AvgIpc) is 2.54. The molecule has 0 unspecified atom stereocenters. The number of nitrogens with zero attached hydrogens (tertiary/aromatic N) is 1. The maximum atomic E-state index is 11.7. The zero-order valence-corrected chi connectivity index (χ0v) is 13.4. The summed E-state index contributed by atoms with van der Waals surface area (Å²) in [5, 5.41) is 2.82. The molecule has 1 saturated carbocycles. The van der Waals surface area contributed by atoms with Crippen molar-refractivity contribution in [3.63, 3.8) is 0 Å². The van der Waals surface area contributed by atoms with Gasteiger partial charge in [-0.2, -0.15) is 0 Å². The highest BCUT2D eigenvalue weighted by Gasteiger charge is 2.21. The van der Waals surface area contributed by atoms with E-state index in [0.29, 0.717) is 17.3 Å². The van der Waals surface area contributed by atoms with Crippen LogP contribution < -0.4 is 10.2 Å². The number of hydrogen-bond acceptors (Lipinski definition) is 3. The van der Waals surface area contributed by atoms with Gasteiger partial charge < -0.3 is 10.2 Å². The van der Waals surface area contributed by atoms with Gasteiger partial charge in [0.2, 0.25) is 5.91 Å². The van der Waals surface area contributed by atoms with Gasteiger partial charge in [0, 0.05) is 18.7 Å². The Bertz CT molecular complexity index is 574. The van der Waals surface area contributed by atoms with Gasteiger partial charge in [-0.15, -0.1) is 0 Å². The molecule has 0 heterocycles. The molecule has 0 aromatic heterocycles. The van der Waals surface area contributed by atoms with E-state index in [1.54, 1.807) is 6.07 Å². The molecule has 0 spiro atoms. The van der Waals surface area contributed by atoms with Gasteiger partial charge in [-0.3, -0.25) is 9.59 Å². The number of Topliss-reactive ketones (excluding diaryl/α,β-unsaturated/α-hetero) is 1. The van der Waals surface area contributed by atoms with Crippen molar-refractivity contribution >= 4 is 23.1 Å². The third kappa shape index (κ3) is 3.75. The van der Waals surface area contributed by atoms with Crippen LogP contribution in [0.15, 0.2) is 30.9 Å². The second-order valence-electron chi connectivity index (χ2n) is 5.88. The minimum atomic E-state index is -0.265. The van der Waals surface area contributed by atoms with E-state index < -0.39 is 0 Å². The van der Waals surface area contributed by atoms with Crippen molar-refractivity contribution in [2.75, 3.05) is 17.3 Å². The van der Waals surface area contributed by atoms with E-state index in [2.05, 4.69) is 23.8 Å². The normalized spacial score (nSPS) is 15.2. The molecule has 22 heavy (non-hydrogen) atoms. The number of amides is 1. The topological polar surface area (TPSA) is 49.4 Å². The number of rotatable bonds is 5. The zero-order chi connectivity index (χ0) is 16.1. The summed E-state index contributed by atoms with van der Waals surface area (Å²) in [6.45, 7) is 5.01. The first-order valence-corrected chi connectivity index (χ1v) is 7.84. The molecule has 2 rings (SSSR count). The molecule has 1 fully saturated rings. The Morgan fingerprint density at radius 1 is 1.27 bits per heavy atom. The number of nitrogens with one attached hydrogen (secondary N) is 1. The first kappa shape index (κ1) is 16.3. The first-order chi connectivity index (χ1) is 10.5. The minimum absolute atomic E-state index is 0.0130. The Hall–Kier alpha value is -2.10. The van der Waals surface area contributed by atoms with E-state index in [4.69, 9.17) is 0 Å². The van der Waals surface area contributed by atoms with Crippen molar-refractivity contribution in [1.29, 1.82) is 0 Å². The Labute approximate surface area is 132 Å². The van der Waals surface area contributed by atoms with Crippen LogP contribution in [0, 0.1) is 0 Å². The van der Waals surface area contributed by atoms with Gasteiger partial charge in [-0.1, -0.05) is 25.8 Å². The Morgan fingerprint density at radius 3 is 2.55 bits per heavy atom. The highest BCUT2D eigenvalue weighted by molar-refractivity contribution is 6.03. The minimum Gasteiger partial charge on any atom is -0.370 e. The first-order valence-electron chi connectivity index (χ1n) is 7.84. The summed E-state index contributed by atoms with van der Waals surface area (Å²) >= 11 is 0. The highest BCUT2D eigenvalue weighted by atomic mass is 16.1. The molecular formula is C18H24N2O2. The van der Waals surface area contributed by atoms with Crippen molar-refractivity contribution in [3.05, 3.63) is 36.4 Å². The summed E-state index contributed by atoms with van der Waals surface area (Å²) in [6, 6.07) is 5.97. The monoisotopic (exact) mass is 300 g/mol. The van der Waals surface area contributed by atoms with Crippen molar-refractivity contribution in [2.24, 2.45) is 0 Å². The summed E-state index contributed by atoms with van der Waals surface area (Å²) in [5.41, 5.74) is 2.22. The van der Waals surface area contributed by atoms with Gasteiger partial charge >= 0.3 is 0 Å². The molecule has 1 aromatic carbocycles. The lowest BCUT2D eigenvalue weighted by molar-refractivity contribution is -0.111. The SMILES string of the molecule is C=CC(=O)Nc1cc(C(C)=O)ccc1N(C)C1CCCCC1. The van der Waals surface area contributed by atoms with Gasteiger partial charge in [0.1, 0.15) is 0 Å². The number of carbonyl (C=O) groups excluding carboxylic acids is 2. The van der Waals surface area contributed by atoms with Gasteiger partial charge in [-0.25, -0.2) is 0 Å². The van der Waals surface area contributed by atoms with Crippen molar-refractivity contribution < 1.29 is 9.59 Å². The molecule has 0 radical (unpaired) electrons. The van der Waals surface area contributed by atoms with Crippen LogP contribution in [0.3, 0.4) is 0 Å². The number of carbonyl (C=O) groups is 2. The molecule has 0 aliphatic heterocycles. The predicted molar refractivity (Wildman–Crippen MR) is 90.5 cm³/mol. The Balaban J connectivity index is 2.33. The Kier molecular flexibility index (Phi) is 5.36. The van der Waals surface area contributed by atoms with Crippen LogP contribution in [0.4, 0.5) is 11.4 Å². The number of ketones is 1. The fraction of sp³-hybridized carbons (Fsp3) is 0.444. The maximum absolute atomic E-state index is 11.7. The zero-order valence-electron chi connectivity index (χ0n) is 13.4. The summed E-state index contributed by atoms with van der Waals surface area (Å²) in [5.74, 6) is -0.278. The molecular weight excluding hydrogens is 276 g/mol. The van der Waals surface area contributed by atoms with Gasteiger partial charge in [0.25, 0.3) is 0 Å². The third-order valence-corrected chi connectivity index (χ3v) is 4.35. The molecule has 4 heteroatoms. The summed E-state index contributed by atoms with van der Waals surface area (Å²) in [6.07, 6.45) is 7.36. The van der Waals surface area contributed by atoms with Gasteiger partial charge in [0.15, 0.2) is 5.78 Å². The van der Waals surface area contributed by atoms with Crippen LogP contribution in [0.2, 0.25) is 0 Å². The van der Waals surface area contributed by atoms with Crippen molar-refractivity contribution in [1.82, 2.24) is 0 Å². The molecule has 1 amide bonds. The quantitative estimate of drug-likeness (QED) is 0.665. The predicted octanol–water partition coefficient (Wildman–Crippen LogP) is 3.78. The molecule has 1 aromatic rings. The lowest BCUT2D eigenvalue weighted by Crippen LogP contribution is -2.34.